The highest BCUT2D eigenvalue weighted by atomic mass is 32.2. The lowest BCUT2D eigenvalue weighted by molar-refractivity contribution is 0.601. The third-order valence-electron chi connectivity index (χ3n) is 2.72. The molecule has 0 saturated carbocycles. The molecule has 0 saturated heterocycles. The fourth-order valence-corrected chi connectivity index (χ4v) is 2.36. The normalized spacial score (nSPS) is 13.4. The number of benzene rings is 1. The van der Waals surface area contributed by atoms with Crippen molar-refractivity contribution in [1.82, 2.24) is 0 Å². The Morgan fingerprint density at radius 1 is 1.31 bits per heavy atom. The predicted octanol–water partition coefficient (Wildman–Crippen LogP) is 3.16. The highest BCUT2D eigenvalue weighted by Gasteiger charge is 2.10. The van der Waals surface area contributed by atoms with Crippen LogP contribution in [0.2, 0.25) is 0 Å². The molecule has 16 heavy (non-hydrogen) atoms. The highest BCUT2D eigenvalue weighted by Crippen LogP contribution is 2.24. The van der Waals surface area contributed by atoms with Gasteiger partial charge in [-0.3, -0.25) is 0 Å². The van der Waals surface area contributed by atoms with E-state index in [1.54, 1.807) is 12.1 Å². The van der Waals surface area contributed by atoms with Crippen LogP contribution in [-0.2, 0) is 9.84 Å². The van der Waals surface area contributed by atoms with Crippen LogP contribution in [0.3, 0.4) is 0 Å². The minimum Gasteiger partial charge on any atom is -0.224 e. The Morgan fingerprint density at radius 2 is 1.88 bits per heavy atom. The van der Waals surface area contributed by atoms with Gasteiger partial charge >= 0.3 is 0 Å². The van der Waals surface area contributed by atoms with Crippen LogP contribution in [0.5, 0.6) is 0 Å². The Labute approximate surface area is 97.9 Å². The molecule has 0 aromatic heterocycles. The van der Waals surface area contributed by atoms with Crippen molar-refractivity contribution < 1.29 is 8.42 Å². The molecule has 1 aromatic rings. The molecule has 0 spiro atoms. The van der Waals surface area contributed by atoms with E-state index in [-0.39, 0.29) is 0 Å². The van der Waals surface area contributed by atoms with Crippen LogP contribution in [-0.4, -0.2) is 14.7 Å². The molecule has 0 N–H and O–H groups in total. The largest absolute Gasteiger partial charge is 0.224 e. The third kappa shape index (κ3) is 3.20. The van der Waals surface area contributed by atoms with E-state index < -0.39 is 9.84 Å². The molecule has 88 valence electrons. The average molecular weight is 238 g/mol. The zero-order chi connectivity index (χ0) is 12.2. The molecule has 1 atom stereocenters. The second kappa shape index (κ2) is 5.30. The summed E-state index contributed by atoms with van der Waals surface area (Å²) in [7, 11) is -3.08. The standard InChI is InChI=1S/C13H18O2S/c1-4-6-11(5-2)12-7-9-13(10-8-12)16(3,14)15/h4,7-11H,1,5-6H2,2-3H3. The fraction of sp³-hybridized carbons (Fsp3) is 0.385. The maximum absolute atomic E-state index is 11.3. The molecule has 3 heteroatoms. The van der Waals surface area contributed by atoms with Crippen LogP contribution in [0.4, 0.5) is 0 Å². The molecule has 0 aliphatic carbocycles. The third-order valence-corrected chi connectivity index (χ3v) is 3.85. The molecular weight excluding hydrogens is 220 g/mol. The van der Waals surface area contributed by atoms with Crippen LogP contribution >= 0.6 is 0 Å². The van der Waals surface area contributed by atoms with Gasteiger partial charge in [-0.25, -0.2) is 8.42 Å². The fourth-order valence-electron chi connectivity index (χ4n) is 1.73. The lowest BCUT2D eigenvalue weighted by atomic mass is 9.93. The summed E-state index contributed by atoms with van der Waals surface area (Å²) in [5, 5.41) is 0. The monoisotopic (exact) mass is 238 g/mol. The maximum atomic E-state index is 11.3. The molecule has 0 aliphatic heterocycles. The zero-order valence-corrected chi connectivity index (χ0v) is 10.6. The Hall–Kier alpha value is -1.09. The summed E-state index contributed by atoms with van der Waals surface area (Å²) in [5.74, 6) is 0.436. The smallest absolute Gasteiger partial charge is 0.175 e. The molecule has 0 radical (unpaired) electrons. The van der Waals surface area contributed by atoms with Gasteiger partial charge in [0.25, 0.3) is 0 Å². The number of sulfone groups is 1. The van der Waals surface area contributed by atoms with Crippen molar-refractivity contribution >= 4 is 9.84 Å². The molecule has 0 amide bonds. The van der Waals surface area contributed by atoms with Crippen LogP contribution in [0.15, 0.2) is 41.8 Å². The van der Waals surface area contributed by atoms with Gasteiger partial charge in [0.1, 0.15) is 0 Å². The summed E-state index contributed by atoms with van der Waals surface area (Å²) in [6, 6.07) is 7.15. The molecule has 0 heterocycles. The van der Waals surface area contributed by atoms with E-state index in [0.717, 1.165) is 12.8 Å². The van der Waals surface area contributed by atoms with E-state index in [9.17, 15) is 8.42 Å². The molecule has 0 fully saturated rings. The number of allylic oxidation sites excluding steroid dienone is 1. The SMILES string of the molecule is C=CCC(CC)c1ccc(S(C)(=O)=O)cc1. The Kier molecular flexibility index (Phi) is 4.30. The van der Waals surface area contributed by atoms with Gasteiger partial charge in [0, 0.05) is 6.26 Å². The van der Waals surface area contributed by atoms with Gasteiger partial charge < -0.3 is 0 Å². The Bertz CT molecular complexity index is 443. The van der Waals surface area contributed by atoms with Gasteiger partial charge in [-0.2, -0.15) is 0 Å². The van der Waals surface area contributed by atoms with Gasteiger partial charge in [0.05, 0.1) is 4.90 Å². The van der Waals surface area contributed by atoms with Crippen LogP contribution in [0.25, 0.3) is 0 Å². The van der Waals surface area contributed by atoms with E-state index in [1.165, 1.54) is 11.8 Å². The lowest BCUT2D eigenvalue weighted by Crippen LogP contribution is -1.99. The van der Waals surface area contributed by atoms with Crippen molar-refractivity contribution in [3.63, 3.8) is 0 Å². The first-order valence-corrected chi connectivity index (χ1v) is 7.29. The van der Waals surface area contributed by atoms with Crippen molar-refractivity contribution in [2.75, 3.05) is 6.26 Å². The van der Waals surface area contributed by atoms with Crippen molar-refractivity contribution in [2.24, 2.45) is 0 Å². The van der Waals surface area contributed by atoms with E-state index in [1.807, 2.05) is 18.2 Å². The summed E-state index contributed by atoms with van der Waals surface area (Å²) >= 11 is 0. The number of rotatable bonds is 5. The van der Waals surface area contributed by atoms with Gasteiger partial charge in [-0.15, -0.1) is 6.58 Å². The van der Waals surface area contributed by atoms with E-state index in [2.05, 4.69) is 13.5 Å². The number of hydrogen-bond donors (Lipinski definition) is 0. The average Bonchev–Trinajstić information content (AvgIpc) is 2.25. The van der Waals surface area contributed by atoms with Gasteiger partial charge in [0.2, 0.25) is 0 Å². The van der Waals surface area contributed by atoms with Crippen LogP contribution < -0.4 is 0 Å². The molecule has 0 bridgehead atoms. The number of hydrogen-bond acceptors (Lipinski definition) is 2. The molecule has 1 aromatic carbocycles. The molecule has 2 nitrogen and oxygen atoms in total. The van der Waals surface area contributed by atoms with E-state index in [0.29, 0.717) is 10.8 Å². The highest BCUT2D eigenvalue weighted by molar-refractivity contribution is 7.90. The second-order valence-electron chi connectivity index (χ2n) is 3.97. The minimum atomic E-state index is -3.08. The molecule has 0 aliphatic rings. The maximum Gasteiger partial charge on any atom is 0.175 e. The van der Waals surface area contributed by atoms with Crippen molar-refractivity contribution in [1.29, 1.82) is 0 Å². The lowest BCUT2D eigenvalue weighted by Gasteiger charge is -2.13. The van der Waals surface area contributed by atoms with Crippen LogP contribution in [0.1, 0.15) is 31.2 Å². The Morgan fingerprint density at radius 3 is 2.25 bits per heavy atom. The summed E-state index contributed by atoms with van der Waals surface area (Å²) in [4.78, 5) is 0.379. The minimum absolute atomic E-state index is 0.379. The van der Waals surface area contributed by atoms with E-state index >= 15 is 0 Å². The topological polar surface area (TPSA) is 34.1 Å². The summed E-state index contributed by atoms with van der Waals surface area (Å²) in [6.07, 6.45) is 5.08. The summed E-state index contributed by atoms with van der Waals surface area (Å²) in [6.45, 7) is 5.86. The zero-order valence-electron chi connectivity index (χ0n) is 9.81. The second-order valence-corrected chi connectivity index (χ2v) is 5.99. The first-order chi connectivity index (χ1) is 7.49. The first-order valence-electron chi connectivity index (χ1n) is 5.40. The van der Waals surface area contributed by atoms with Crippen LogP contribution in [0, 0.1) is 0 Å². The van der Waals surface area contributed by atoms with Gasteiger partial charge in [0.15, 0.2) is 9.84 Å². The first kappa shape index (κ1) is 13.0. The molecule has 1 rings (SSSR count). The quantitative estimate of drug-likeness (QED) is 0.738. The molecular formula is C13H18O2S. The van der Waals surface area contributed by atoms with Crippen molar-refractivity contribution in [3.05, 3.63) is 42.5 Å². The van der Waals surface area contributed by atoms with Gasteiger partial charge in [-0.05, 0) is 36.5 Å². The van der Waals surface area contributed by atoms with E-state index in [4.69, 9.17) is 0 Å². The van der Waals surface area contributed by atoms with Gasteiger partial charge in [-0.1, -0.05) is 25.1 Å². The predicted molar refractivity (Wildman–Crippen MR) is 67.4 cm³/mol. The van der Waals surface area contributed by atoms with Crippen molar-refractivity contribution in [3.8, 4) is 0 Å². The van der Waals surface area contributed by atoms with Crippen molar-refractivity contribution in [2.45, 2.75) is 30.6 Å². The summed E-state index contributed by atoms with van der Waals surface area (Å²) < 4.78 is 22.6. The Balaban J connectivity index is 2.98. The molecule has 1 unspecified atom stereocenters. The summed E-state index contributed by atoms with van der Waals surface area (Å²) in [5.41, 5.74) is 1.18.